The predicted octanol–water partition coefficient (Wildman–Crippen LogP) is 6.28. The van der Waals surface area contributed by atoms with Crippen LogP contribution in [0.25, 0.3) is 11.0 Å². The number of hydrogen-bond donors (Lipinski definition) is 1. The lowest BCUT2D eigenvalue weighted by Crippen LogP contribution is -2.47. The Kier molecular flexibility index (Phi) is 8.22. The summed E-state index contributed by atoms with van der Waals surface area (Å²) in [7, 11) is 0. The summed E-state index contributed by atoms with van der Waals surface area (Å²) < 4.78 is 1.99. The topological polar surface area (TPSA) is 44.3 Å². The summed E-state index contributed by atoms with van der Waals surface area (Å²) in [4.78, 5) is 21.1. The number of piperidine rings is 1. The van der Waals surface area contributed by atoms with E-state index in [1.165, 1.54) is 16.7 Å². The summed E-state index contributed by atoms with van der Waals surface area (Å²) in [5.41, 5.74) is 6.01. The number of imidazole rings is 1. The molecule has 0 saturated carbocycles. The van der Waals surface area contributed by atoms with E-state index in [1.807, 2.05) is 22.8 Å². The predicted molar refractivity (Wildman–Crippen MR) is 163 cm³/mol. The highest BCUT2D eigenvalue weighted by Crippen LogP contribution is 2.26. The van der Waals surface area contributed by atoms with Gasteiger partial charge in [-0.1, -0.05) is 103 Å². The van der Waals surface area contributed by atoms with Gasteiger partial charge in [0, 0.05) is 44.8 Å². The van der Waals surface area contributed by atoms with E-state index in [9.17, 15) is 4.79 Å². The fraction of sp³-hybridized carbons (Fsp3) is 0.286. The van der Waals surface area contributed by atoms with Crippen molar-refractivity contribution in [3.05, 3.63) is 142 Å². The molecule has 1 aliphatic heterocycles. The highest BCUT2D eigenvalue weighted by Gasteiger charge is 2.28. The maximum absolute atomic E-state index is 12.8. The fourth-order valence-electron chi connectivity index (χ4n) is 6.24. The van der Waals surface area contributed by atoms with Crippen LogP contribution in [0.15, 0.2) is 120 Å². The van der Waals surface area contributed by atoms with Crippen LogP contribution >= 0.6 is 0 Å². The Labute approximate surface area is 236 Å². The van der Waals surface area contributed by atoms with E-state index < -0.39 is 0 Å². The standard InChI is InChI=1S/C35H38N4O/c40-35-36-33-18-10-11-19-34(33)39(35)31-20-22-37(23-21-31)27-32(24-28-12-4-1-5-13-28)38(25-29-14-6-2-7-15-29)26-30-16-8-3-9-17-30/h1-19,31-32H,20-27H2,(H,36,40). The molecule has 5 nitrogen and oxygen atoms in total. The smallest absolute Gasteiger partial charge is 0.306 e. The summed E-state index contributed by atoms with van der Waals surface area (Å²) in [6, 6.07) is 41.2. The van der Waals surface area contributed by atoms with Crippen molar-refractivity contribution in [3.8, 4) is 0 Å². The minimum atomic E-state index is 0.0125. The summed E-state index contributed by atoms with van der Waals surface area (Å²) in [6.45, 7) is 4.81. The van der Waals surface area contributed by atoms with Crippen molar-refractivity contribution < 1.29 is 0 Å². The molecular weight excluding hydrogens is 492 g/mol. The number of hydrogen-bond acceptors (Lipinski definition) is 3. The lowest BCUT2D eigenvalue weighted by molar-refractivity contribution is 0.102. The second-order valence-corrected chi connectivity index (χ2v) is 11.1. The van der Waals surface area contributed by atoms with Crippen LogP contribution in [0, 0.1) is 0 Å². The molecule has 1 unspecified atom stereocenters. The van der Waals surface area contributed by atoms with E-state index in [1.54, 1.807) is 0 Å². The molecule has 4 aromatic carbocycles. The molecule has 0 amide bonds. The molecule has 1 saturated heterocycles. The number of nitrogens with one attached hydrogen (secondary N) is 1. The van der Waals surface area contributed by atoms with Crippen molar-refractivity contribution in [1.82, 2.24) is 19.4 Å². The van der Waals surface area contributed by atoms with Crippen molar-refractivity contribution in [3.63, 3.8) is 0 Å². The van der Waals surface area contributed by atoms with Gasteiger partial charge in [0.25, 0.3) is 0 Å². The minimum absolute atomic E-state index is 0.0125. The summed E-state index contributed by atoms with van der Waals surface area (Å²) in [6.07, 6.45) is 2.97. The number of likely N-dealkylation sites (tertiary alicyclic amines) is 1. The molecule has 1 atom stereocenters. The Balaban J connectivity index is 1.22. The van der Waals surface area contributed by atoms with Gasteiger partial charge < -0.3 is 9.88 Å². The van der Waals surface area contributed by atoms with Gasteiger partial charge in [-0.25, -0.2) is 4.79 Å². The molecule has 1 aliphatic rings. The van der Waals surface area contributed by atoms with Gasteiger partial charge in [0.1, 0.15) is 0 Å². The number of benzene rings is 4. The molecule has 0 radical (unpaired) electrons. The molecule has 0 bridgehead atoms. The van der Waals surface area contributed by atoms with Gasteiger partial charge >= 0.3 is 5.69 Å². The first-order valence-electron chi connectivity index (χ1n) is 14.5. The van der Waals surface area contributed by atoms with Crippen LogP contribution in [0.4, 0.5) is 0 Å². The third-order valence-corrected chi connectivity index (χ3v) is 8.30. The van der Waals surface area contributed by atoms with Crippen molar-refractivity contribution in [2.45, 2.75) is 44.4 Å². The van der Waals surface area contributed by atoms with Crippen LogP contribution in [0.3, 0.4) is 0 Å². The van der Waals surface area contributed by atoms with Gasteiger partial charge in [-0.2, -0.15) is 0 Å². The zero-order chi connectivity index (χ0) is 27.1. The number of nitrogens with zero attached hydrogens (tertiary/aromatic N) is 3. The van der Waals surface area contributed by atoms with Gasteiger partial charge in [0.2, 0.25) is 0 Å². The average Bonchev–Trinajstić information content (AvgIpc) is 3.34. The van der Waals surface area contributed by atoms with E-state index in [0.717, 1.165) is 63.0 Å². The maximum atomic E-state index is 12.8. The molecule has 2 heterocycles. The number of fused-ring (bicyclic) bond motifs is 1. The van der Waals surface area contributed by atoms with Crippen LogP contribution in [0.1, 0.15) is 35.6 Å². The summed E-state index contributed by atoms with van der Waals surface area (Å²) in [5, 5.41) is 0. The zero-order valence-electron chi connectivity index (χ0n) is 23.0. The van der Waals surface area contributed by atoms with E-state index in [4.69, 9.17) is 0 Å². The number of H-pyrrole nitrogens is 1. The highest BCUT2D eigenvalue weighted by molar-refractivity contribution is 5.75. The molecule has 1 aromatic heterocycles. The first-order chi connectivity index (χ1) is 19.7. The number of para-hydroxylation sites is 2. The van der Waals surface area contributed by atoms with E-state index in [-0.39, 0.29) is 11.7 Å². The van der Waals surface area contributed by atoms with Crippen molar-refractivity contribution >= 4 is 11.0 Å². The molecule has 1 N–H and O–H groups in total. The van der Waals surface area contributed by atoms with E-state index >= 15 is 0 Å². The molecular formula is C35H38N4O. The van der Waals surface area contributed by atoms with Crippen LogP contribution in [-0.4, -0.2) is 45.0 Å². The Morgan fingerprint density at radius 1 is 0.700 bits per heavy atom. The van der Waals surface area contributed by atoms with Crippen LogP contribution in [0.2, 0.25) is 0 Å². The largest absolute Gasteiger partial charge is 0.326 e. The molecule has 0 aliphatic carbocycles. The summed E-state index contributed by atoms with van der Waals surface area (Å²) >= 11 is 0. The number of aromatic amines is 1. The molecule has 5 heteroatoms. The normalized spacial score (nSPS) is 15.5. The van der Waals surface area contributed by atoms with Gasteiger partial charge in [-0.3, -0.25) is 9.47 Å². The maximum Gasteiger partial charge on any atom is 0.326 e. The minimum Gasteiger partial charge on any atom is -0.306 e. The fourth-order valence-corrected chi connectivity index (χ4v) is 6.24. The molecule has 40 heavy (non-hydrogen) atoms. The van der Waals surface area contributed by atoms with Crippen LogP contribution in [-0.2, 0) is 19.5 Å². The van der Waals surface area contributed by atoms with Crippen LogP contribution in [0.5, 0.6) is 0 Å². The van der Waals surface area contributed by atoms with E-state index in [0.29, 0.717) is 6.04 Å². The first kappa shape index (κ1) is 26.3. The van der Waals surface area contributed by atoms with Gasteiger partial charge in [0.15, 0.2) is 0 Å². The molecule has 1 fully saturated rings. The zero-order valence-corrected chi connectivity index (χ0v) is 23.0. The lowest BCUT2D eigenvalue weighted by Gasteiger charge is -2.39. The Hall–Kier alpha value is -3.93. The summed E-state index contributed by atoms with van der Waals surface area (Å²) in [5.74, 6) is 0. The molecule has 6 rings (SSSR count). The monoisotopic (exact) mass is 530 g/mol. The Morgan fingerprint density at radius 2 is 1.23 bits per heavy atom. The second-order valence-electron chi connectivity index (χ2n) is 11.1. The average molecular weight is 531 g/mol. The van der Waals surface area contributed by atoms with Crippen molar-refractivity contribution in [2.75, 3.05) is 19.6 Å². The van der Waals surface area contributed by atoms with Crippen molar-refractivity contribution in [2.24, 2.45) is 0 Å². The van der Waals surface area contributed by atoms with Gasteiger partial charge in [-0.05, 0) is 48.1 Å². The SMILES string of the molecule is O=c1[nH]c2ccccc2n1C1CCN(CC(Cc2ccccc2)N(Cc2ccccc2)Cc2ccccc2)CC1. The molecule has 204 valence electrons. The third kappa shape index (κ3) is 6.27. The lowest BCUT2D eigenvalue weighted by atomic mass is 9.99. The second kappa shape index (κ2) is 12.5. The first-order valence-corrected chi connectivity index (χ1v) is 14.5. The van der Waals surface area contributed by atoms with E-state index in [2.05, 4.69) is 112 Å². The quantitative estimate of drug-likeness (QED) is 0.231. The molecule has 5 aromatic rings. The van der Waals surface area contributed by atoms with Crippen molar-refractivity contribution in [1.29, 1.82) is 0 Å². The Morgan fingerprint density at radius 3 is 1.82 bits per heavy atom. The number of rotatable bonds is 10. The van der Waals surface area contributed by atoms with Gasteiger partial charge in [-0.15, -0.1) is 0 Å². The third-order valence-electron chi connectivity index (χ3n) is 8.30. The molecule has 0 spiro atoms. The van der Waals surface area contributed by atoms with Gasteiger partial charge in [0.05, 0.1) is 11.0 Å². The Bertz CT molecular complexity index is 1490. The van der Waals surface area contributed by atoms with Crippen LogP contribution < -0.4 is 5.69 Å². The highest BCUT2D eigenvalue weighted by atomic mass is 16.1. The number of aromatic nitrogens is 2.